The van der Waals surface area contributed by atoms with Crippen LogP contribution in [0, 0.1) is 6.92 Å². The molecule has 1 fully saturated rings. The molecule has 1 N–H and O–H groups in total. The Morgan fingerprint density at radius 3 is 2.15 bits per heavy atom. The Bertz CT molecular complexity index is 869. The third-order valence-electron chi connectivity index (χ3n) is 4.85. The van der Waals surface area contributed by atoms with E-state index < -0.39 is 10.0 Å². The number of sulfonamides is 1. The molecule has 6 heteroatoms. The Balaban J connectivity index is 1.55. The molecule has 144 valence electrons. The molecule has 1 aliphatic heterocycles. The van der Waals surface area contributed by atoms with Crippen molar-refractivity contribution in [2.24, 2.45) is 0 Å². The van der Waals surface area contributed by atoms with E-state index in [0.29, 0.717) is 31.0 Å². The lowest BCUT2D eigenvalue weighted by molar-refractivity contribution is -0.120. The lowest BCUT2D eigenvalue weighted by Crippen LogP contribution is -2.35. The van der Waals surface area contributed by atoms with Gasteiger partial charge in [0.25, 0.3) is 0 Å². The Kier molecular flexibility index (Phi) is 6.29. The number of benzene rings is 2. The number of nitrogens with one attached hydrogen (secondary N) is 1. The number of hydrogen-bond acceptors (Lipinski definition) is 3. The number of aryl methyl sites for hydroxylation is 1. The standard InChI is InChI=1S/C21H26N2O3S/c1-17-5-7-18(8-6-17)15-21(24)22-16-19-9-11-20(12-10-19)27(25,26)23-13-3-2-4-14-23/h5-12H,2-4,13-16H2,1H3,(H,22,24). The fourth-order valence-corrected chi connectivity index (χ4v) is 4.71. The highest BCUT2D eigenvalue weighted by Gasteiger charge is 2.25. The highest BCUT2D eigenvalue weighted by molar-refractivity contribution is 7.89. The van der Waals surface area contributed by atoms with Crippen LogP contribution < -0.4 is 5.32 Å². The Hall–Kier alpha value is -2.18. The van der Waals surface area contributed by atoms with Gasteiger partial charge in [-0.3, -0.25) is 4.79 Å². The molecular formula is C21H26N2O3S. The topological polar surface area (TPSA) is 66.5 Å². The average molecular weight is 387 g/mol. The summed E-state index contributed by atoms with van der Waals surface area (Å²) in [5.41, 5.74) is 3.02. The predicted molar refractivity (Wildman–Crippen MR) is 106 cm³/mol. The number of rotatable bonds is 6. The largest absolute Gasteiger partial charge is 0.352 e. The third kappa shape index (κ3) is 5.17. The first-order chi connectivity index (χ1) is 12.9. The lowest BCUT2D eigenvalue weighted by Gasteiger charge is -2.25. The quantitative estimate of drug-likeness (QED) is 0.830. The van der Waals surface area contributed by atoms with Gasteiger partial charge in [-0.25, -0.2) is 8.42 Å². The summed E-state index contributed by atoms with van der Waals surface area (Å²) in [4.78, 5) is 12.4. The van der Waals surface area contributed by atoms with Crippen LogP contribution in [0.4, 0.5) is 0 Å². The van der Waals surface area contributed by atoms with Crippen molar-refractivity contribution < 1.29 is 13.2 Å². The minimum absolute atomic E-state index is 0.0520. The van der Waals surface area contributed by atoms with Gasteiger partial charge in [0.05, 0.1) is 11.3 Å². The predicted octanol–water partition coefficient (Wildman–Crippen LogP) is 3.03. The van der Waals surface area contributed by atoms with Crippen LogP contribution in [0.5, 0.6) is 0 Å². The first-order valence-corrected chi connectivity index (χ1v) is 10.8. The van der Waals surface area contributed by atoms with Crippen LogP contribution in [-0.2, 0) is 27.8 Å². The second kappa shape index (κ2) is 8.67. The molecular weight excluding hydrogens is 360 g/mol. The van der Waals surface area contributed by atoms with Crippen LogP contribution in [0.15, 0.2) is 53.4 Å². The summed E-state index contributed by atoms with van der Waals surface area (Å²) in [7, 11) is -3.41. The smallest absolute Gasteiger partial charge is 0.243 e. The van der Waals surface area contributed by atoms with Crippen LogP contribution >= 0.6 is 0 Å². The molecule has 0 saturated carbocycles. The van der Waals surface area contributed by atoms with Gasteiger partial charge in [0.2, 0.25) is 15.9 Å². The van der Waals surface area contributed by atoms with E-state index in [1.54, 1.807) is 28.6 Å². The van der Waals surface area contributed by atoms with Gasteiger partial charge in [0.15, 0.2) is 0 Å². The van der Waals surface area contributed by atoms with E-state index in [1.165, 1.54) is 5.56 Å². The number of hydrogen-bond donors (Lipinski definition) is 1. The SMILES string of the molecule is Cc1ccc(CC(=O)NCc2ccc(S(=O)(=O)N3CCCCC3)cc2)cc1. The molecule has 5 nitrogen and oxygen atoms in total. The molecule has 27 heavy (non-hydrogen) atoms. The molecule has 0 atom stereocenters. The normalized spacial score (nSPS) is 15.4. The van der Waals surface area contributed by atoms with E-state index in [9.17, 15) is 13.2 Å². The number of carbonyl (C=O) groups is 1. The number of amides is 1. The summed E-state index contributed by atoms with van der Waals surface area (Å²) in [6.07, 6.45) is 3.27. The second-order valence-corrected chi connectivity index (χ2v) is 8.99. The summed E-state index contributed by atoms with van der Waals surface area (Å²) < 4.78 is 26.9. The highest BCUT2D eigenvalue weighted by Crippen LogP contribution is 2.20. The Morgan fingerprint density at radius 1 is 0.926 bits per heavy atom. The van der Waals surface area contributed by atoms with E-state index in [1.807, 2.05) is 31.2 Å². The Morgan fingerprint density at radius 2 is 1.52 bits per heavy atom. The molecule has 0 bridgehead atoms. The molecule has 0 radical (unpaired) electrons. The minimum atomic E-state index is -3.41. The maximum atomic E-state index is 12.6. The highest BCUT2D eigenvalue weighted by atomic mass is 32.2. The van der Waals surface area contributed by atoms with Gasteiger partial charge in [-0.05, 0) is 43.0 Å². The van der Waals surface area contributed by atoms with Crippen LogP contribution in [0.2, 0.25) is 0 Å². The van der Waals surface area contributed by atoms with Gasteiger partial charge in [0.1, 0.15) is 0 Å². The lowest BCUT2D eigenvalue weighted by atomic mass is 10.1. The minimum Gasteiger partial charge on any atom is -0.352 e. The fraction of sp³-hybridized carbons (Fsp3) is 0.381. The third-order valence-corrected chi connectivity index (χ3v) is 6.76. The van der Waals surface area contributed by atoms with E-state index in [0.717, 1.165) is 30.4 Å². The van der Waals surface area contributed by atoms with E-state index >= 15 is 0 Å². The van der Waals surface area contributed by atoms with Crippen molar-refractivity contribution in [3.05, 3.63) is 65.2 Å². The molecule has 1 heterocycles. The van der Waals surface area contributed by atoms with E-state index in [2.05, 4.69) is 5.32 Å². The Labute approximate surface area is 161 Å². The van der Waals surface area contributed by atoms with Gasteiger partial charge in [-0.15, -0.1) is 0 Å². The summed E-state index contributed by atoms with van der Waals surface area (Å²) >= 11 is 0. The van der Waals surface area contributed by atoms with Gasteiger partial charge in [-0.2, -0.15) is 4.31 Å². The van der Waals surface area contributed by atoms with Crippen LogP contribution in [-0.4, -0.2) is 31.7 Å². The first-order valence-electron chi connectivity index (χ1n) is 9.36. The van der Waals surface area contributed by atoms with Crippen LogP contribution in [0.25, 0.3) is 0 Å². The van der Waals surface area contributed by atoms with Crippen molar-refractivity contribution in [2.75, 3.05) is 13.1 Å². The molecule has 0 spiro atoms. The molecule has 1 aliphatic rings. The fourth-order valence-electron chi connectivity index (χ4n) is 3.19. The van der Waals surface area contributed by atoms with Gasteiger partial charge < -0.3 is 5.32 Å². The zero-order valence-corrected chi connectivity index (χ0v) is 16.5. The maximum absolute atomic E-state index is 12.6. The first kappa shape index (κ1) is 19.6. The van der Waals surface area contributed by atoms with Gasteiger partial charge >= 0.3 is 0 Å². The summed E-state index contributed by atoms with van der Waals surface area (Å²) in [6.45, 7) is 3.59. The summed E-state index contributed by atoms with van der Waals surface area (Å²) in [6, 6.07) is 14.7. The average Bonchev–Trinajstić information content (AvgIpc) is 2.69. The van der Waals surface area contributed by atoms with Gasteiger partial charge in [0, 0.05) is 19.6 Å². The molecule has 0 aliphatic carbocycles. The van der Waals surface area contributed by atoms with Crippen LogP contribution in [0.3, 0.4) is 0 Å². The van der Waals surface area contributed by atoms with Crippen molar-refractivity contribution in [1.29, 1.82) is 0 Å². The summed E-state index contributed by atoms with van der Waals surface area (Å²) in [5, 5.41) is 2.88. The molecule has 0 aromatic heterocycles. The van der Waals surface area contributed by atoms with Crippen molar-refractivity contribution in [3.63, 3.8) is 0 Å². The van der Waals surface area contributed by atoms with Crippen LogP contribution in [0.1, 0.15) is 36.0 Å². The summed E-state index contributed by atoms with van der Waals surface area (Å²) in [5.74, 6) is -0.0520. The second-order valence-electron chi connectivity index (χ2n) is 7.05. The molecule has 2 aromatic carbocycles. The number of piperidine rings is 1. The molecule has 1 saturated heterocycles. The van der Waals surface area contributed by atoms with Gasteiger partial charge in [-0.1, -0.05) is 48.4 Å². The molecule has 1 amide bonds. The monoisotopic (exact) mass is 386 g/mol. The molecule has 2 aromatic rings. The maximum Gasteiger partial charge on any atom is 0.243 e. The van der Waals surface area contributed by atoms with E-state index in [-0.39, 0.29) is 5.91 Å². The number of nitrogens with zero attached hydrogens (tertiary/aromatic N) is 1. The van der Waals surface area contributed by atoms with Crippen molar-refractivity contribution in [2.45, 2.75) is 44.0 Å². The zero-order valence-electron chi connectivity index (χ0n) is 15.6. The zero-order chi connectivity index (χ0) is 19.3. The van der Waals surface area contributed by atoms with Crippen molar-refractivity contribution in [3.8, 4) is 0 Å². The van der Waals surface area contributed by atoms with E-state index in [4.69, 9.17) is 0 Å². The molecule has 3 rings (SSSR count). The molecule has 0 unspecified atom stereocenters. The van der Waals surface area contributed by atoms with Crippen molar-refractivity contribution >= 4 is 15.9 Å². The number of carbonyl (C=O) groups excluding carboxylic acids is 1. The van der Waals surface area contributed by atoms with Crippen molar-refractivity contribution in [1.82, 2.24) is 9.62 Å².